The smallest absolute Gasteiger partial charge is 0.469 e. The summed E-state index contributed by atoms with van der Waals surface area (Å²) in [6.45, 7) is 4.51. The van der Waals surface area contributed by atoms with Crippen LogP contribution >= 0.6 is 0 Å². The fourth-order valence-corrected chi connectivity index (χ4v) is 3.20. The molecule has 1 aromatic carbocycles. The maximum atomic E-state index is 14.1. The molecule has 1 aliphatic heterocycles. The second-order valence-corrected chi connectivity index (χ2v) is 7.45. The summed E-state index contributed by atoms with van der Waals surface area (Å²) in [7, 11) is 1.60. The summed E-state index contributed by atoms with van der Waals surface area (Å²) in [4.78, 5) is 27.8. The first-order chi connectivity index (χ1) is 14.9. The van der Waals surface area contributed by atoms with Gasteiger partial charge < -0.3 is 23.9 Å². The molecule has 9 nitrogen and oxygen atoms in total. The van der Waals surface area contributed by atoms with Crippen molar-refractivity contribution in [2.24, 2.45) is 0 Å². The van der Waals surface area contributed by atoms with Gasteiger partial charge in [-0.25, -0.2) is 4.79 Å². The van der Waals surface area contributed by atoms with E-state index in [-0.39, 0.29) is 32.1 Å². The molecule has 0 aromatic heterocycles. The van der Waals surface area contributed by atoms with Gasteiger partial charge >= 0.3 is 12.3 Å². The Labute approximate surface area is 182 Å². The Bertz CT molecular complexity index is 875. The fourth-order valence-electron chi connectivity index (χ4n) is 3.20. The van der Waals surface area contributed by atoms with Crippen LogP contribution in [0, 0.1) is 24.0 Å². The van der Waals surface area contributed by atoms with Crippen LogP contribution in [0.25, 0.3) is 6.08 Å². The van der Waals surface area contributed by atoms with Crippen molar-refractivity contribution in [3.8, 4) is 5.75 Å². The number of rotatable bonds is 9. The molecule has 1 aliphatic rings. The van der Waals surface area contributed by atoms with Crippen molar-refractivity contribution >= 4 is 12.2 Å². The maximum absolute atomic E-state index is 14.1. The molecule has 12 heteroatoms. The van der Waals surface area contributed by atoms with E-state index in [0.29, 0.717) is 11.1 Å². The van der Waals surface area contributed by atoms with Gasteiger partial charge in [-0.15, -0.1) is 10.1 Å². The van der Waals surface area contributed by atoms with Crippen molar-refractivity contribution in [2.45, 2.75) is 38.7 Å². The third kappa shape index (κ3) is 6.02. The van der Waals surface area contributed by atoms with Crippen LogP contribution in [-0.4, -0.2) is 67.4 Å². The van der Waals surface area contributed by atoms with E-state index in [9.17, 15) is 28.1 Å². The normalized spacial score (nSPS) is 18.5. The molecule has 32 heavy (non-hydrogen) atoms. The lowest BCUT2D eigenvalue weighted by molar-refractivity contribution is -0.757. The zero-order chi connectivity index (χ0) is 24.1. The van der Waals surface area contributed by atoms with Crippen LogP contribution in [0.4, 0.5) is 18.0 Å². The van der Waals surface area contributed by atoms with Crippen LogP contribution in [0.5, 0.6) is 5.75 Å². The van der Waals surface area contributed by atoms with Gasteiger partial charge in [-0.1, -0.05) is 17.7 Å². The van der Waals surface area contributed by atoms with Crippen LogP contribution in [-0.2, 0) is 14.3 Å². The molecule has 0 radical (unpaired) electrons. The van der Waals surface area contributed by atoms with Crippen LogP contribution in [0.15, 0.2) is 18.2 Å². The molecular formula is C20H25F3N2O7. The third-order valence-electron chi connectivity index (χ3n) is 4.91. The standard InChI is InChI=1S/C20H25F3N2O7/c1-13-11-14(2)17-16(12-13)5-6-19(32-17,20(21,22)23)15(3)31-18(26)29-9-7-24(4)8-10-30-25(27)28/h5-6,11-12,15H,7-10H2,1-4H3/t15?,19-/m0/s1. The Kier molecular flexibility index (Phi) is 7.94. The van der Waals surface area contributed by atoms with E-state index >= 15 is 0 Å². The van der Waals surface area contributed by atoms with Crippen LogP contribution in [0.2, 0.25) is 0 Å². The molecule has 1 unspecified atom stereocenters. The summed E-state index contributed by atoms with van der Waals surface area (Å²) >= 11 is 0. The lowest BCUT2D eigenvalue weighted by Gasteiger charge is -2.40. The molecule has 1 heterocycles. The van der Waals surface area contributed by atoms with Crippen molar-refractivity contribution in [1.82, 2.24) is 4.90 Å². The Morgan fingerprint density at radius 1 is 1.28 bits per heavy atom. The zero-order valence-electron chi connectivity index (χ0n) is 18.1. The molecule has 2 rings (SSSR count). The summed E-state index contributed by atoms with van der Waals surface area (Å²) in [5, 5.41) is 9.17. The number of nitrogens with zero attached hydrogens (tertiary/aromatic N) is 2. The average Bonchev–Trinajstić information content (AvgIpc) is 2.66. The highest BCUT2D eigenvalue weighted by atomic mass is 19.4. The number of hydrogen-bond acceptors (Lipinski definition) is 8. The third-order valence-corrected chi connectivity index (χ3v) is 4.91. The SMILES string of the molecule is Cc1cc(C)c2c(c1)C=C[C@](C(C)OC(=O)OCCN(C)CCO[N+](=O)[O-])(C(F)(F)F)O2. The first kappa shape index (κ1) is 25.2. The number of ether oxygens (including phenoxy) is 3. The highest BCUT2D eigenvalue weighted by Crippen LogP contribution is 2.45. The Hall–Kier alpha value is -3.02. The average molecular weight is 462 g/mol. The summed E-state index contributed by atoms with van der Waals surface area (Å²) in [5.41, 5.74) is -0.981. The molecule has 178 valence electrons. The predicted molar refractivity (Wildman–Crippen MR) is 107 cm³/mol. The number of benzene rings is 1. The van der Waals surface area contributed by atoms with Gasteiger partial charge in [0, 0.05) is 18.7 Å². The summed E-state index contributed by atoms with van der Waals surface area (Å²) < 4.78 is 57.3. The number of fused-ring (bicyclic) bond motifs is 1. The van der Waals surface area contributed by atoms with E-state index in [1.165, 1.54) is 6.08 Å². The largest absolute Gasteiger partial charge is 0.508 e. The first-order valence-electron chi connectivity index (χ1n) is 9.71. The minimum absolute atomic E-state index is 0.0674. The van der Waals surface area contributed by atoms with E-state index < -0.39 is 29.1 Å². The van der Waals surface area contributed by atoms with Gasteiger partial charge in [-0.05, 0) is 45.5 Å². The molecule has 2 atom stereocenters. The minimum Gasteiger partial charge on any atom is -0.469 e. The van der Waals surface area contributed by atoms with Gasteiger partial charge in [0.25, 0.3) is 10.7 Å². The zero-order valence-corrected chi connectivity index (χ0v) is 18.1. The number of carbonyl (C=O) groups is 1. The second kappa shape index (κ2) is 10.1. The lowest BCUT2D eigenvalue weighted by atomic mass is 9.91. The molecule has 0 saturated carbocycles. The fraction of sp³-hybridized carbons (Fsp3) is 0.550. The molecular weight excluding hydrogens is 437 g/mol. The Morgan fingerprint density at radius 2 is 1.94 bits per heavy atom. The topological polar surface area (TPSA) is 100 Å². The van der Waals surface area contributed by atoms with Crippen molar-refractivity contribution < 1.29 is 42.1 Å². The maximum Gasteiger partial charge on any atom is 0.508 e. The number of likely N-dealkylation sites (N-methyl/N-ethyl adjacent to an activating group) is 1. The monoisotopic (exact) mass is 462 g/mol. The molecule has 0 fully saturated rings. The Morgan fingerprint density at radius 3 is 2.56 bits per heavy atom. The van der Waals surface area contributed by atoms with Crippen LogP contribution in [0.1, 0.15) is 23.6 Å². The molecule has 0 bridgehead atoms. The predicted octanol–water partition coefficient (Wildman–Crippen LogP) is 3.69. The summed E-state index contributed by atoms with van der Waals surface area (Å²) in [6, 6.07) is 3.40. The van der Waals surface area contributed by atoms with Crippen molar-refractivity contribution in [3.63, 3.8) is 0 Å². The van der Waals surface area contributed by atoms with Crippen LogP contribution < -0.4 is 4.74 Å². The molecule has 0 aliphatic carbocycles. The molecule has 1 aromatic rings. The van der Waals surface area contributed by atoms with Gasteiger partial charge in [0.2, 0.25) is 0 Å². The van der Waals surface area contributed by atoms with Gasteiger partial charge in [0.1, 0.15) is 19.0 Å². The molecule has 0 spiro atoms. The van der Waals surface area contributed by atoms with E-state index in [1.54, 1.807) is 31.0 Å². The van der Waals surface area contributed by atoms with Crippen LogP contribution in [0.3, 0.4) is 0 Å². The number of alkyl halides is 3. The van der Waals surface area contributed by atoms with Crippen molar-refractivity contribution in [3.05, 3.63) is 45.0 Å². The number of carbonyl (C=O) groups excluding carboxylic acids is 1. The highest BCUT2D eigenvalue weighted by Gasteiger charge is 2.62. The highest BCUT2D eigenvalue weighted by molar-refractivity contribution is 5.65. The quantitative estimate of drug-likeness (QED) is 0.311. The Balaban J connectivity index is 2.00. The van der Waals surface area contributed by atoms with E-state index in [4.69, 9.17) is 14.2 Å². The van der Waals surface area contributed by atoms with E-state index in [0.717, 1.165) is 18.6 Å². The number of aryl methyl sites for hydroxylation is 2. The van der Waals surface area contributed by atoms with Gasteiger partial charge in [-0.3, -0.25) is 0 Å². The van der Waals surface area contributed by atoms with E-state index in [2.05, 4.69) is 4.84 Å². The van der Waals surface area contributed by atoms with Gasteiger partial charge in [0.15, 0.2) is 6.10 Å². The van der Waals surface area contributed by atoms with E-state index in [1.807, 2.05) is 6.92 Å². The number of halogens is 3. The van der Waals surface area contributed by atoms with Crippen molar-refractivity contribution in [1.29, 1.82) is 0 Å². The molecule has 0 N–H and O–H groups in total. The molecule has 0 amide bonds. The molecule has 0 saturated heterocycles. The minimum atomic E-state index is -4.88. The second-order valence-electron chi connectivity index (χ2n) is 7.45. The van der Waals surface area contributed by atoms with Gasteiger partial charge in [-0.2, -0.15) is 13.2 Å². The number of hydrogen-bond donors (Lipinski definition) is 0. The van der Waals surface area contributed by atoms with Gasteiger partial charge in [0.05, 0.1) is 0 Å². The summed E-state index contributed by atoms with van der Waals surface area (Å²) in [6.07, 6.45) is -5.77. The lowest BCUT2D eigenvalue weighted by Crippen LogP contribution is -2.58. The summed E-state index contributed by atoms with van der Waals surface area (Å²) in [5.74, 6) is 0.0674. The van der Waals surface area contributed by atoms with Crippen molar-refractivity contribution in [2.75, 3.05) is 33.4 Å². The first-order valence-corrected chi connectivity index (χ1v) is 9.71.